The Morgan fingerprint density at radius 2 is 2.18 bits per heavy atom. The van der Waals surface area contributed by atoms with Crippen molar-refractivity contribution in [2.75, 3.05) is 38.4 Å². The van der Waals surface area contributed by atoms with Crippen LogP contribution in [0.5, 0.6) is 0 Å². The van der Waals surface area contributed by atoms with Gasteiger partial charge in [-0.3, -0.25) is 4.79 Å². The van der Waals surface area contributed by atoms with E-state index in [4.69, 9.17) is 9.47 Å². The van der Waals surface area contributed by atoms with E-state index >= 15 is 0 Å². The zero-order chi connectivity index (χ0) is 12.1. The largest absolute Gasteiger partial charge is 0.382 e. The zero-order valence-electron chi connectivity index (χ0n) is 10.0. The van der Waals surface area contributed by atoms with Crippen LogP contribution in [0.25, 0.3) is 0 Å². The topological polar surface area (TPSA) is 38.8 Å². The summed E-state index contributed by atoms with van der Waals surface area (Å²) in [5.41, 5.74) is 2.26. The van der Waals surface area contributed by atoms with Crippen LogP contribution >= 0.6 is 0 Å². The molecular weight excluding hydrogens is 218 g/mol. The van der Waals surface area contributed by atoms with E-state index in [0.717, 1.165) is 18.7 Å². The highest BCUT2D eigenvalue weighted by Crippen LogP contribution is 2.27. The van der Waals surface area contributed by atoms with Gasteiger partial charge in [-0.2, -0.15) is 0 Å². The van der Waals surface area contributed by atoms with Crippen LogP contribution in [0.15, 0.2) is 24.3 Å². The Morgan fingerprint density at radius 3 is 3.00 bits per heavy atom. The van der Waals surface area contributed by atoms with Gasteiger partial charge in [0.2, 0.25) is 0 Å². The zero-order valence-corrected chi connectivity index (χ0v) is 10.0. The Labute approximate surface area is 101 Å². The summed E-state index contributed by atoms with van der Waals surface area (Å²) in [6, 6.07) is 8.00. The molecule has 0 fully saturated rings. The lowest BCUT2D eigenvalue weighted by Gasteiger charge is -2.17. The van der Waals surface area contributed by atoms with Gasteiger partial charge in [0.25, 0.3) is 5.91 Å². The number of benzene rings is 1. The number of carbonyl (C=O) groups excluding carboxylic acids is 1. The number of hydrogen-bond acceptors (Lipinski definition) is 3. The molecule has 1 aromatic carbocycles. The van der Waals surface area contributed by atoms with Gasteiger partial charge in [-0.1, -0.05) is 18.2 Å². The molecule has 0 aliphatic carbocycles. The standard InChI is InChI=1S/C13H17NO3/c1-16-8-9-17-10-13(15)14-7-6-11-4-2-3-5-12(11)14/h2-5H,6-10H2,1H3. The summed E-state index contributed by atoms with van der Waals surface area (Å²) >= 11 is 0. The highest BCUT2D eigenvalue weighted by atomic mass is 16.5. The molecule has 4 nitrogen and oxygen atoms in total. The SMILES string of the molecule is COCCOCC(=O)N1CCc2ccccc21. The van der Waals surface area contributed by atoms with Crippen LogP contribution in [-0.2, 0) is 20.7 Å². The number of anilines is 1. The van der Waals surface area contributed by atoms with E-state index in [2.05, 4.69) is 6.07 Å². The van der Waals surface area contributed by atoms with Crippen LogP contribution in [0.1, 0.15) is 5.56 Å². The molecule has 0 atom stereocenters. The highest BCUT2D eigenvalue weighted by molar-refractivity contribution is 5.96. The Hall–Kier alpha value is -1.39. The molecular formula is C13H17NO3. The second-order valence-corrected chi connectivity index (χ2v) is 3.97. The molecule has 0 saturated heterocycles. The second-order valence-electron chi connectivity index (χ2n) is 3.97. The first kappa shape index (κ1) is 12.1. The molecule has 1 aliphatic heterocycles. The summed E-state index contributed by atoms with van der Waals surface area (Å²) in [4.78, 5) is 13.7. The fourth-order valence-electron chi connectivity index (χ4n) is 1.98. The van der Waals surface area contributed by atoms with E-state index in [1.165, 1.54) is 5.56 Å². The normalized spacial score (nSPS) is 13.8. The van der Waals surface area contributed by atoms with Crippen molar-refractivity contribution in [1.29, 1.82) is 0 Å². The van der Waals surface area contributed by atoms with Crippen molar-refractivity contribution < 1.29 is 14.3 Å². The first-order chi connectivity index (χ1) is 8.33. The summed E-state index contributed by atoms with van der Waals surface area (Å²) in [6.45, 7) is 1.85. The van der Waals surface area contributed by atoms with E-state index in [9.17, 15) is 4.79 Å². The lowest BCUT2D eigenvalue weighted by atomic mass is 10.2. The number of amides is 1. The molecule has 0 unspecified atom stereocenters. The van der Waals surface area contributed by atoms with Gasteiger partial charge in [-0.15, -0.1) is 0 Å². The number of ether oxygens (including phenoxy) is 2. The smallest absolute Gasteiger partial charge is 0.252 e. The first-order valence-corrected chi connectivity index (χ1v) is 5.78. The molecule has 1 heterocycles. The average molecular weight is 235 g/mol. The molecule has 2 rings (SSSR count). The number of methoxy groups -OCH3 is 1. The number of nitrogens with zero attached hydrogens (tertiary/aromatic N) is 1. The minimum Gasteiger partial charge on any atom is -0.382 e. The van der Waals surface area contributed by atoms with E-state index in [1.807, 2.05) is 18.2 Å². The Balaban J connectivity index is 1.89. The summed E-state index contributed by atoms with van der Waals surface area (Å²) < 4.78 is 10.1. The van der Waals surface area contributed by atoms with Crippen LogP contribution in [0.2, 0.25) is 0 Å². The maximum absolute atomic E-state index is 11.9. The predicted molar refractivity (Wildman–Crippen MR) is 65.2 cm³/mol. The number of carbonyl (C=O) groups is 1. The van der Waals surface area contributed by atoms with E-state index < -0.39 is 0 Å². The lowest BCUT2D eigenvalue weighted by molar-refractivity contribution is -0.123. The summed E-state index contributed by atoms with van der Waals surface area (Å²) in [7, 11) is 1.61. The summed E-state index contributed by atoms with van der Waals surface area (Å²) in [5, 5.41) is 0. The minimum atomic E-state index is 0.0195. The molecule has 92 valence electrons. The van der Waals surface area contributed by atoms with Crippen molar-refractivity contribution in [3.63, 3.8) is 0 Å². The van der Waals surface area contributed by atoms with Crippen molar-refractivity contribution in [2.24, 2.45) is 0 Å². The van der Waals surface area contributed by atoms with Crippen LogP contribution < -0.4 is 4.90 Å². The van der Waals surface area contributed by atoms with E-state index in [1.54, 1.807) is 12.0 Å². The third-order valence-corrected chi connectivity index (χ3v) is 2.85. The number of hydrogen-bond donors (Lipinski definition) is 0. The van der Waals surface area contributed by atoms with Gasteiger partial charge < -0.3 is 14.4 Å². The predicted octanol–water partition coefficient (Wildman–Crippen LogP) is 1.24. The second kappa shape index (κ2) is 5.80. The number of fused-ring (bicyclic) bond motifs is 1. The van der Waals surface area contributed by atoms with Crippen molar-refractivity contribution >= 4 is 11.6 Å². The summed E-state index contributed by atoms with van der Waals surface area (Å²) in [6.07, 6.45) is 0.931. The van der Waals surface area contributed by atoms with E-state index in [0.29, 0.717) is 13.2 Å². The quantitative estimate of drug-likeness (QED) is 0.721. The molecule has 1 aliphatic rings. The van der Waals surface area contributed by atoms with Gasteiger partial charge in [-0.25, -0.2) is 0 Å². The van der Waals surface area contributed by atoms with Crippen molar-refractivity contribution in [1.82, 2.24) is 0 Å². The van der Waals surface area contributed by atoms with Gasteiger partial charge >= 0.3 is 0 Å². The van der Waals surface area contributed by atoms with Crippen LogP contribution in [0.4, 0.5) is 5.69 Å². The number of para-hydroxylation sites is 1. The lowest BCUT2D eigenvalue weighted by Crippen LogP contribution is -2.32. The number of rotatable bonds is 5. The average Bonchev–Trinajstić information content (AvgIpc) is 2.78. The molecule has 0 radical (unpaired) electrons. The third-order valence-electron chi connectivity index (χ3n) is 2.85. The molecule has 1 aromatic rings. The molecule has 17 heavy (non-hydrogen) atoms. The molecule has 0 spiro atoms. The van der Waals surface area contributed by atoms with Crippen LogP contribution in [-0.4, -0.2) is 39.4 Å². The highest BCUT2D eigenvalue weighted by Gasteiger charge is 2.23. The Morgan fingerprint density at radius 1 is 1.35 bits per heavy atom. The van der Waals surface area contributed by atoms with Gasteiger partial charge in [0.05, 0.1) is 13.2 Å². The molecule has 0 aromatic heterocycles. The molecule has 0 bridgehead atoms. The van der Waals surface area contributed by atoms with Crippen molar-refractivity contribution in [3.8, 4) is 0 Å². The monoisotopic (exact) mass is 235 g/mol. The van der Waals surface area contributed by atoms with Gasteiger partial charge in [-0.05, 0) is 18.1 Å². The maximum Gasteiger partial charge on any atom is 0.252 e. The van der Waals surface area contributed by atoms with Crippen LogP contribution in [0, 0.1) is 0 Å². The third kappa shape index (κ3) is 2.84. The first-order valence-electron chi connectivity index (χ1n) is 5.78. The fourth-order valence-corrected chi connectivity index (χ4v) is 1.98. The minimum absolute atomic E-state index is 0.0195. The molecule has 0 saturated carbocycles. The Kier molecular flexibility index (Phi) is 4.12. The Bertz CT molecular complexity index is 392. The summed E-state index contributed by atoms with van der Waals surface area (Å²) in [5.74, 6) is 0.0195. The molecule has 1 amide bonds. The fraction of sp³-hybridized carbons (Fsp3) is 0.462. The molecule has 0 N–H and O–H groups in total. The van der Waals surface area contributed by atoms with Gasteiger partial charge in [0.15, 0.2) is 0 Å². The van der Waals surface area contributed by atoms with Crippen molar-refractivity contribution in [3.05, 3.63) is 29.8 Å². The van der Waals surface area contributed by atoms with Crippen molar-refractivity contribution in [2.45, 2.75) is 6.42 Å². The van der Waals surface area contributed by atoms with Crippen LogP contribution in [0.3, 0.4) is 0 Å². The van der Waals surface area contributed by atoms with Gasteiger partial charge in [0.1, 0.15) is 6.61 Å². The molecule has 4 heteroatoms. The van der Waals surface area contributed by atoms with Gasteiger partial charge in [0, 0.05) is 19.3 Å². The van der Waals surface area contributed by atoms with E-state index in [-0.39, 0.29) is 12.5 Å². The maximum atomic E-state index is 11.9.